The summed E-state index contributed by atoms with van der Waals surface area (Å²) in [7, 11) is 4.13. The van der Waals surface area contributed by atoms with Gasteiger partial charge in [-0.15, -0.1) is 0 Å². The highest BCUT2D eigenvalue weighted by Crippen LogP contribution is 2.60. The summed E-state index contributed by atoms with van der Waals surface area (Å²) in [4.78, 5) is 2.36. The minimum Gasteiger partial charge on any atom is -0.399 e. The molecule has 0 bridgehead atoms. The molecule has 0 amide bonds. The fourth-order valence-corrected chi connectivity index (χ4v) is 4.12. The maximum Gasteiger partial charge on any atom is 0.494 e. The van der Waals surface area contributed by atoms with Crippen LogP contribution in [0.2, 0.25) is 0 Å². The number of benzene rings is 1. The van der Waals surface area contributed by atoms with Gasteiger partial charge in [0.15, 0.2) is 0 Å². The lowest BCUT2D eigenvalue weighted by atomic mass is 9.77. The zero-order valence-corrected chi connectivity index (χ0v) is 15.3. The molecule has 1 aromatic carbocycles. The third-order valence-electron chi connectivity index (χ3n) is 6.59. The van der Waals surface area contributed by atoms with Gasteiger partial charge in [-0.25, -0.2) is 0 Å². The van der Waals surface area contributed by atoms with Gasteiger partial charge in [0.05, 0.1) is 11.2 Å². The van der Waals surface area contributed by atoms with Crippen LogP contribution in [0, 0.1) is 0 Å². The van der Waals surface area contributed by atoms with Crippen molar-refractivity contribution in [2.45, 2.75) is 69.6 Å². The maximum absolute atomic E-state index is 6.24. The summed E-state index contributed by atoms with van der Waals surface area (Å²) in [6.45, 7) is 8.46. The van der Waals surface area contributed by atoms with E-state index in [0.717, 1.165) is 0 Å². The van der Waals surface area contributed by atoms with E-state index in [1.807, 2.05) is 0 Å². The molecule has 1 heterocycles. The molecule has 0 aromatic heterocycles. The molecule has 0 N–H and O–H groups in total. The first-order chi connectivity index (χ1) is 10.7. The third-order valence-corrected chi connectivity index (χ3v) is 6.59. The van der Waals surface area contributed by atoms with E-state index in [2.05, 4.69) is 64.9 Å². The number of hydrogen-bond acceptors (Lipinski definition) is 3. The predicted octanol–water partition coefficient (Wildman–Crippen LogP) is 3.02. The predicted molar refractivity (Wildman–Crippen MR) is 94.1 cm³/mol. The summed E-state index contributed by atoms with van der Waals surface area (Å²) < 4.78 is 12.5. The second kappa shape index (κ2) is 4.62. The highest BCUT2D eigenvalue weighted by atomic mass is 16.7. The van der Waals surface area contributed by atoms with Crippen LogP contribution in [0.5, 0.6) is 0 Å². The summed E-state index contributed by atoms with van der Waals surface area (Å²) in [6.07, 6.45) is 3.93. The van der Waals surface area contributed by atoms with E-state index < -0.39 is 0 Å². The van der Waals surface area contributed by atoms with Gasteiger partial charge in [0.1, 0.15) is 0 Å². The zero-order valence-electron chi connectivity index (χ0n) is 15.3. The Labute approximate surface area is 140 Å². The minimum absolute atomic E-state index is 0.250. The van der Waals surface area contributed by atoms with E-state index in [-0.39, 0.29) is 18.3 Å². The first-order valence-corrected chi connectivity index (χ1v) is 8.82. The van der Waals surface area contributed by atoms with Crippen LogP contribution in [-0.4, -0.2) is 37.3 Å². The monoisotopic (exact) mass is 313 g/mol. The van der Waals surface area contributed by atoms with E-state index in [1.54, 1.807) is 5.56 Å². The van der Waals surface area contributed by atoms with Crippen LogP contribution in [0.3, 0.4) is 0 Å². The van der Waals surface area contributed by atoms with Crippen LogP contribution < -0.4 is 5.46 Å². The fourth-order valence-electron chi connectivity index (χ4n) is 4.12. The quantitative estimate of drug-likeness (QED) is 0.784. The lowest BCUT2D eigenvalue weighted by Gasteiger charge is -2.32. The lowest BCUT2D eigenvalue weighted by molar-refractivity contribution is 0.00578. The van der Waals surface area contributed by atoms with Gasteiger partial charge in [-0.1, -0.05) is 18.2 Å². The molecule has 124 valence electrons. The second-order valence-electron chi connectivity index (χ2n) is 8.90. The van der Waals surface area contributed by atoms with Gasteiger partial charge in [0, 0.05) is 6.04 Å². The molecule has 1 saturated heterocycles. The van der Waals surface area contributed by atoms with Crippen molar-refractivity contribution in [1.29, 1.82) is 0 Å². The first kappa shape index (κ1) is 15.7. The van der Waals surface area contributed by atoms with Gasteiger partial charge < -0.3 is 14.2 Å². The Hall–Kier alpha value is -0.835. The van der Waals surface area contributed by atoms with Gasteiger partial charge in [-0.05, 0) is 83.1 Å². The van der Waals surface area contributed by atoms with E-state index in [9.17, 15) is 0 Å². The van der Waals surface area contributed by atoms with Crippen molar-refractivity contribution in [2.75, 3.05) is 14.1 Å². The van der Waals surface area contributed by atoms with Crippen molar-refractivity contribution in [3.8, 4) is 0 Å². The molecule has 1 saturated carbocycles. The van der Waals surface area contributed by atoms with Crippen molar-refractivity contribution in [1.82, 2.24) is 4.90 Å². The Morgan fingerprint density at radius 2 is 1.65 bits per heavy atom. The summed E-state index contributed by atoms with van der Waals surface area (Å²) >= 11 is 0. The van der Waals surface area contributed by atoms with Crippen molar-refractivity contribution in [3.05, 3.63) is 29.3 Å². The second-order valence-corrected chi connectivity index (χ2v) is 8.90. The summed E-state index contributed by atoms with van der Waals surface area (Å²) in [5.74, 6) is 0. The topological polar surface area (TPSA) is 21.7 Å². The molecule has 1 unspecified atom stereocenters. The summed E-state index contributed by atoms with van der Waals surface area (Å²) in [5, 5.41) is 0. The molecule has 4 heteroatoms. The van der Waals surface area contributed by atoms with Crippen LogP contribution >= 0.6 is 0 Å². The van der Waals surface area contributed by atoms with E-state index >= 15 is 0 Å². The maximum atomic E-state index is 6.24. The van der Waals surface area contributed by atoms with Crippen LogP contribution in [0.25, 0.3) is 0 Å². The molecule has 3 aliphatic rings. The molecular weight excluding hydrogens is 285 g/mol. The molecule has 1 aliphatic heterocycles. The Morgan fingerprint density at radius 1 is 1.04 bits per heavy atom. The number of rotatable bonds is 2. The molecule has 3 nitrogen and oxygen atoms in total. The molecule has 4 rings (SSSR count). The molecule has 1 aromatic rings. The zero-order chi connectivity index (χ0) is 16.6. The van der Waals surface area contributed by atoms with Crippen LogP contribution in [-0.2, 0) is 14.7 Å². The Balaban J connectivity index is 1.69. The van der Waals surface area contributed by atoms with Gasteiger partial charge in [-0.3, -0.25) is 0 Å². The third kappa shape index (κ3) is 2.22. The molecule has 2 fully saturated rings. The smallest absolute Gasteiger partial charge is 0.399 e. The molecule has 23 heavy (non-hydrogen) atoms. The Kier molecular flexibility index (Phi) is 3.15. The lowest BCUT2D eigenvalue weighted by Crippen LogP contribution is -2.41. The highest BCUT2D eigenvalue weighted by Gasteiger charge is 2.55. The standard InChI is InChI=1S/C19H28BNO2/c1-17(2)18(3,4)23-20(22-17)13-7-8-14-15(11-13)19(9-10-19)12-16(14)21(5)6/h7-8,11,16H,9-10,12H2,1-6H3. The molecule has 1 spiro atoms. The van der Waals surface area contributed by atoms with Crippen molar-refractivity contribution >= 4 is 12.6 Å². The number of hydrogen-bond donors (Lipinski definition) is 0. The van der Waals surface area contributed by atoms with Gasteiger partial charge in [0.25, 0.3) is 0 Å². The normalized spacial score (nSPS) is 29.3. The van der Waals surface area contributed by atoms with Crippen LogP contribution in [0.1, 0.15) is 64.1 Å². The summed E-state index contributed by atoms with van der Waals surface area (Å²) in [6, 6.07) is 7.44. The first-order valence-electron chi connectivity index (χ1n) is 8.82. The Morgan fingerprint density at radius 3 is 2.17 bits per heavy atom. The van der Waals surface area contributed by atoms with E-state index in [0.29, 0.717) is 11.5 Å². The van der Waals surface area contributed by atoms with Crippen LogP contribution in [0.4, 0.5) is 0 Å². The van der Waals surface area contributed by atoms with Crippen molar-refractivity contribution in [3.63, 3.8) is 0 Å². The van der Waals surface area contributed by atoms with E-state index in [1.165, 1.54) is 30.3 Å². The number of nitrogens with zero attached hydrogens (tertiary/aromatic N) is 1. The molecule has 0 radical (unpaired) electrons. The van der Waals surface area contributed by atoms with Gasteiger partial charge in [0.2, 0.25) is 0 Å². The fraction of sp³-hybridized carbons (Fsp3) is 0.684. The molecule has 2 aliphatic carbocycles. The van der Waals surface area contributed by atoms with Gasteiger partial charge >= 0.3 is 7.12 Å². The molecular formula is C19H28BNO2. The molecule has 1 atom stereocenters. The van der Waals surface area contributed by atoms with Crippen molar-refractivity contribution in [2.24, 2.45) is 0 Å². The van der Waals surface area contributed by atoms with Gasteiger partial charge in [-0.2, -0.15) is 0 Å². The SMILES string of the molecule is CN(C)C1CC2(CC2)c2cc(B3OC(C)(C)C(C)(C)O3)ccc21. The Bertz CT molecular complexity index is 633. The average Bonchev–Trinajstić information content (AvgIpc) is 3.09. The van der Waals surface area contributed by atoms with Crippen LogP contribution in [0.15, 0.2) is 18.2 Å². The summed E-state index contributed by atoms with van der Waals surface area (Å²) in [5.41, 5.74) is 4.11. The van der Waals surface area contributed by atoms with E-state index in [4.69, 9.17) is 9.31 Å². The average molecular weight is 313 g/mol. The van der Waals surface area contributed by atoms with Crippen molar-refractivity contribution < 1.29 is 9.31 Å². The number of fused-ring (bicyclic) bond motifs is 2. The largest absolute Gasteiger partial charge is 0.494 e. The minimum atomic E-state index is -0.278. The highest BCUT2D eigenvalue weighted by molar-refractivity contribution is 6.62.